The van der Waals surface area contributed by atoms with E-state index in [1.54, 1.807) is 0 Å². The lowest BCUT2D eigenvalue weighted by Gasteiger charge is -2.26. The van der Waals surface area contributed by atoms with E-state index in [2.05, 4.69) is 12.2 Å². The van der Waals surface area contributed by atoms with Gasteiger partial charge in [0, 0.05) is 13.0 Å². The second kappa shape index (κ2) is 6.01. The van der Waals surface area contributed by atoms with Crippen molar-refractivity contribution in [1.29, 1.82) is 0 Å². The second-order valence-electron chi connectivity index (χ2n) is 4.85. The highest BCUT2D eigenvalue weighted by molar-refractivity contribution is 5.40. The van der Waals surface area contributed by atoms with E-state index in [9.17, 15) is 0 Å². The maximum absolute atomic E-state index is 5.88. The van der Waals surface area contributed by atoms with Gasteiger partial charge < -0.3 is 19.2 Å². The molecule has 2 aromatic rings. The largest absolute Gasteiger partial charge is 0.486 e. The smallest absolute Gasteiger partial charge is 0.161 e. The van der Waals surface area contributed by atoms with Crippen LogP contribution in [-0.4, -0.2) is 19.3 Å². The SMILES string of the molecule is CCc1ccc(CNCC2COc3ccccc3O2)o1. The molecule has 3 rings (SSSR count). The third kappa shape index (κ3) is 2.96. The van der Waals surface area contributed by atoms with Crippen molar-refractivity contribution in [3.8, 4) is 11.5 Å². The Kier molecular flexibility index (Phi) is 3.92. The molecule has 0 saturated carbocycles. The molecule has 1 aliphatic rings. The van der Waals surface area contributed by atoms with E-state index in [1.165, 1.54) is 0 Å². The summed E-state index contributed by atoms with van der Waals surface area (Å²) in [7, 11) is 0. The minimum absolute atomic E-state index is 0.0329. The Morgan fingerprint density at radius 2 is 1.90 bits per heavy atom. The van der Waals surface area contributed by atoms with Crippen LogP contribution in [-0.2, 0) is 13.0 Å². The number of fused-ring (bicyclic) bond motifs is 1. The van der Waals surface area contributed by atoms with E-state index in [-0.39, 0.29) is 6.10 Å². The quantitative estimate of drug-likeness (QED) is 0.909. The van der Waals surface area contributed by atoms with Gasteiger partial charge in [-0.25, -0.2) is 0 Å². The van der Waals surface area contributed by atoms with Crippen LogP contribution < -0.4 is 14.8 Å². The van der Waals surface area contributed by atoms with Crippen molar-refractivity contribution in [2.75, 3.05) is 13.2 Å². The topological polar surface area (TPSA) is 43.6 Å². The summed E-state index contributed by atoms with van der Waals surface area (Å²) >= 11 is 0. The number of nitrogens with one attached hydrogen (secondary N) is 1. The van der Waals surface area contributed by atoms with Crippen LogP contribution in [0.3, 0.4) is 0 Å². The molecular formula is C16H19NO3. The Hall–Kier alpha value is -1.94. The first-order chi connectivity index (χ1) is 9.85. The molecule has 2 heterocycles. The molecule has 0 spiro atoms. The van der Waals surface area contributed by atoms with Gasteiger partial charge in [0.1, 0.15) is 24.2 Å². The summed E-state index contributed by atoms with van der Waals surface area (Å²) in [4.78, 5) is 0. The number of furan rings is 1. The summed E-state index contributed by atoms with van der Waals surface area (Å²) in [5.41, 5.74) is 0. The highest BCUT2D eigenvalue weighted by Gasteiger charge is 2.20. The van der Waals surface area contributed by atoms with Gasteiger partial charge in [0.05, 0.1) is 6.54 Å². The van der Waals surface area contributed by atoms with E-state index >= 15 is 0 Å². The predicted molar refractivity (Wildman–Crippen MR) is 76.1 cm³/mol. The molecule has 106 valence electrons. The molecule has 0 fully saturated rings. The lowest BCUT2D eigenvalue weighted by atomic mass is 10.2. The molecule has 20 heavy (non-hydrogen) atoms. The zero-order chi connectivity index (χ0) is 13.8. The maximum Gasteiger partial charge on any atom is 0.161 e. The Bertz CT molecular complexity index is 564. The van der Waals surface area contributed by atoms with Crippen LogP contribution in [0.5, 0.6) is 11.5 Å². The molecule has 1 aromatic carbocycles. The fraction of sp³-hybridized carbons (Fsp3) is 0.375. The van der Waals surface area contributed by atoms with Gasteiger partial charge in [0.2, 0.25) is 0 Å². The van der Waals surface area contributed by atoms with E-state index in [1.807, 2.05) is 36.4 Å². The van der Waals surface area contributed by atoms with Crippen LogP contribution in [0.15, 0.2) is 40.8 Å². The molecule has 0 aliphatic carbocycles. The highest BCUT2D eigenvalue weighted by Crippen LogP contribution is 2.30. The molecule has 0 radical (unpaired) electrons. The molecule has 0 saturated heterocycles. The number of aryl methyl sites for hydroxylation is 1. The standard InChI is InChI=1S/C16H19NO3/c1-2-12-7-8-13(19-12)9-17-10-14-11-18-15-5-3-4-6-16(15)20-14/h3-8,14,17H,2,9-11H2,1H3. The van der Waals surface area contributed by atoms with Crippen molar-refractivity contribution >= 4 is 0 Å². The summed E-state index contributed by atoms with van der Waals surface area (Å²) in [5, 5.41) is 3.34. The predicted octanol–water partition coefficient (Wildman–Crippen LogP) is 2.77. The van der Waals surface area contributed by atoms with Gasteiger partial charge in [-0.1, -0.05) is 19.1 Å². The summed E-state index contributed by atoms with van der Waals surface area (Å²) in [6, 6.07) is 11.8. The monoisotopic (exact) mass is 273 g/mol. The minimum Gasteiger partial charge on any atom is -0.486 e. The van der Waals surface area contributed by atoms with Crippen LogP contribution in [0, 0.1) is 0 Å². The molecule has 1 N–H and O–H groups in total. The molecule has 4 heteroatoms. The van der Waals surface area contributed by atoms with Crippen LogP contribution in [0.25, 0.3) is 0 Å². The van der Waals surface area contributed by atoms with Gasteiger partial charge in [-0.2, -0.15) is 0 Å². The molecule has 0 amide bonds. The molecule has 1 atom stereocenters. The fourth-order valence-corrected chi connectivity index (χ4v) is 2.23. The first kappa shape index (κ1) is 13.1. The van der Waals surface area contributed by atoms with Gasteiger partial charge in [-0.15, -0.1) is 0 Å². The molecule has 1 aromatic heterocycles. The van der Waals surface area contributed by atoms with Gasteiger partial charge in [-0.05, 0) is 24.3 Å². The second-order valence-corrected chi connectivity index (χ2v) is 4.85. The fourth-order valence-electron chi connectivity index (χ4n) is 2.23. The Morgan fingerprint density at radius 1 is 1.10 bits per heavy atom. The Balaban J connectivity index is 1.48. The van der Waals surface area contributed by atoms with Crippen molar-refractivity contribution < 1.29 is 13.9 Å². The normalized spacial score (nSPS) is 17.1. The number of para-hydroxylation sites is 2. The zero-order valence-corrected chi connectivity index (χ0v) is 11.6. The van der Waals surface area contributed by atoms with E-state index in [0.29, 0.717) is 13.2 Å². The first-order valence-electron chi connectivity index (χ1n) is 7.02. The lowest BCUT2D eigenvalue weighted by Crippen LogP contribution is -2.38. The number of hydrogen-bond donors (Lipinski definition) is 1. The Labute approximate surface area is 118 Å². The molecule has 0 bridgehead atoms. The number of benzene rings is 1. The van der Waals surface area contributed by atoms with Crippen molar-refractivity contribution in [2.24, 2.45) is 0 Å². The van der Waals surface area contributed by atoms with E-state index in [0.717, 1.165) is 36.0 Å². The average Bonchev–Trinajstić information content (AvgIpc) is 2.95. The van der Waals surface area contributed by atoms with Gasteiger partial charge >= 0.3 is 0 Å². The van der Waals surface area contributed by atoms with Crippen molar-refractivity contribution in [3.05, 3.63) is 47.9 Å². The number of hydrogen-bond acceptors (Lipinski definition) is 4. The number of rotatable bonds is 5. The summed E-state index contributed by atoms with van der Waals surface area (Å²) in [6.07, 6.45) is 0.960. The third-order valence-electron chi connectivity index (χ3n) is 3.30. The highest BCUT2D eigenvalue weighted by atomic mass is 16.6. The molecule has 1 unspecified atom stereocenters. The summed E-state index contributed by atoms with van der Waals surface area (Å²) in [6.45, 7) is 4.10. The molecular weight excluding hydrogens is 254 g/mol. The average molecular weight is 273 g/mol. The third-order valence-corrected chi connectivity index (χ3v) is 3.30. The molecule has 4 nitrogen and oxygen atoms in total. The van der Waals surface area contributed by atoms with Gasteiger partial charge in [-0.3, -0.25) is 0 Å². The van der Waals surface area contributed by atoms with Crippen molar-refractivity contribution in [2.45, 2.75) is 26.0 Å². The summed E-state index contributed by atoms with van der Waals surface area (Å²) < 4.78 is 17.2. The Morgan fingerprint density at radius 3 is 2.70 bits per heavy atom. The van der Waals surface area contributed by atoms with Crippen LogP contribution >= 0.6 is 0 Å². The van der Waals surface area contributed by atoms with Crippen molar-refractivity contribution in [1.82, 2.24) is 5.32 Å². The van der Waals surface area contributed by atoms with Crippen LogP contribution in [0.1, 0.15) is 18.4 Å². The maximum atomic E-state index is 5.88. The van der Waals surface area contributed by atoms with Crippen molar-refractivity contribution in [3.63, 3.8) is 0 Å². The van der Waals surface area contributed by atoms with Crippen LogP contribution in [0.4, 0.5) is 0 Å². The van der Waals surface area contributed by atoms with E-state index in [4.69, 9.17) is 13.9 Å². The first-order valence-corrected chi connectivity index (χ1v) is 7.02. The van der Waals surface area contributed by atoms with Gasteiger partial charge in [0.25, 0.3) is 0 Å². The zero-order valence-electron chi connectivity index (χ0n) is 11.6. The summed E-state index contributed by atoms with van der Waals surface area (Å²) in [5.74, 6) is 3.62. The number of ether oxygens (including phenoxy) is 2. The molecule has 1 aliphatic heterocycles. The minimum atomic E-state index is 0.0329. The van der Waals surface area contributed by atoms with Gasteiger partial charge in [0.15, 0.2) is 11.5 Å². The van der Waals surface area contributed by atoms with E-state index < -0.39 is 0 Å². The lowest BCUT2D eigenvalue weighted by molar-refractivity contribution is 0.0898. The van der Waals surface area contributed by atoms with Crippen LogP contribution in [0.2, 0.25) is 0 Å².